The highest BCUT2D eigenvalue weighted by atomic mass is 32.2. The molecule has 196 valence electrons. The number of nitro benzene ring substituents is 1. The number of benzene rings is 1. The van der Waals surface area contributed by atoms with Crippen molar-refractivity contribution < 1.29 is 9.31 Å². The number of hydrogen-bond donors (Lipinski definition) is 1. The number of aryl methyl sites for hydroxylation is 1. The van der Waals surface area contributed by atoms with Crippen LogP contribution >= 0.6 is 23.1 Å². The maximum absolute atomic E-state index is 12.6. The fraction of sp³-hybridized carbons (Fsp3) is 0.357. The van der Waals surface area contributed by atoms with Gasteiger partial charge in [0.1, 0.15) is 5.82 Å². The first kappa shape index (κ1) is 28.7. The minimum atomic E-state index is -0.622. The number of halogens is 1. The Labute approximate surface area is 225 Å². The van der Waals surface area contributed by atoms with Gasteiger partial charge in [0.25, 0.3) is 5.69 Å². The normalized spacial score (nSPS) is 12.4. The van der Waals surface area contributed by atoms with Crippen LogP contribution in [0.3, 0.4) is 0 Å². The van der Waals surface area contributed by atoms with E-state index >= 15 is 0 Å². The van der Waals surface area contributed by atoms with Gasteiger partial charge >= 0.3 is 0 Å². The lowest BCUT2D eigenvalue weighted by atomic mass is 10.1. The number of nitrogens with zero attached hydrogens (tertiary/aromatic N) is 3. The summed E-state index contributed by atoms with van der Waals surface area (Å²) >= 11 is 3.70. The third-order valence-corrected chi connectivity index (χ3v) is 7.52. The molecule has 1 aliphatic rings. The largest absolute Gasteiger partial charge is 0.312 e. The summed E-state index contributed by atoms with van der Waals surface area (Å²) in [7, 11) is 0. The van der Waals surface area contributed by atoms with Crippen LogP contribution in [0.2, 0.25) is 0 Å². The molecule has 5 rings (SSSR count). The monoisotopic (exact) mass is 540 g/mol. The fourth-order valence-corrected chi connectivity index (χ4v) is 5.11. The van der Waals surface area contributed by atoms with Gasteiger partial charge in [0.2, 0.25) is 0 Å². The second kappa shape index (κ2) is 14.2. The first-order valence-electron chi connectivity index (χ1n) is 12.4. The average Bonchev–Trinajstić information content (AvgIpc) is 3.67. The van der Waals surface area contributed by atoms with E-state index in [2.05, 4.69) is 45.8 Å². The molecule has 1 N–H and O–H groups in total. The van der Waals surface area contributed by atoms with E-state index in [-0.39, 0.29) is 5.69 Å². The van der Waals surface area contributed by atoms with Gasteiger partial charge in [-0.15, -0.1) is 11.3 Å². The first-order chi connectivity index (χ1) is 18.0. The quantitative estimate of drug-likeness (QED) is 0.140. The van der Waals surface area contributed by atoms with Crippen LogP contribution in [0.15, 0.2) is 54.9 Å². The van der Waals surface area contributed by atoms with Crippen molar-refractivity contribution in [2.45, 2.75) is 46.1 Å². The Morgan fingerprint density at radius 3 is 2.57 bits per heavy atom. The summed E-state index contributed by atoms with van der Waals surface area (Å²) in [5.41, 5.74) is 5.07. The highest BCUT2D eigenvalue weighted by molar-refractivity contribution is 7.98. The van der Waals surface area contributed by atoms with E-state index < -0.39 is 10.7 Å². The van der Waals surface area contributed by atoms with Gasteiger partial charge in [-0.05, 0) is 72.9 Å². The van der Waals surface area contributed by atoms with Crippen LogP contribution in [0, 0.1) is 22.9 Å². The summed E-state index contributed by atoms with van der Waals surface area (Å²) in [5.74, 6) is 1.35. The van der Waals surface area contributed by atoms with Gasteiger partial charge in [-0.2, -0.15) is 11.8 Å². The second-order valence-corrected chi connectivity index (χ2v) is 10.4. The molecule has 6 nitrogen and oxygen atoms in total. The van der Waals surface area contributed by atoms with Crippen LogP contribution in [-0.2, 0) is 6.54 Å². The number of non-ortho nitro benzene ring substituents is 1. The van der Waals surface area contributed by atoms with Crippen molar-refractivity contribution in [3.05, 3.63) is 87.5 Å². The number of pyridine rings is 2. The minimum Gasteiger partial charge on any atom is -0.312 e. The maximum Gasteiger partial charge on any atom is 0.272 e. The molecule has 0 aliphatic heterocycles. The van der Waals surface area contributed by atoms with Gasteiger partial charge in [0.05, 0.1) is 31.8 Å². The van der Waals surface area contributed by atoms with E-state index in [1.807, 2.05) is 49.3 Å². The predicted molar refractivity (Wildman–Crippen MR) is 154 cm³/mol. The van der Waals surface area contributed by atoms with Crippen LogP contribution in [0.25, 0.3) is 20.8 Å². The molecule has 1 fully saturated rings. The Kier molecular flexibility index (Phi) is 11.0. The number of fused-ring (bicyclic) bond motifs is 1. The van der Waals surface area contributed by atoms with Gasteiger partial charge in [-0.1, -0.05) is 19.9 Å². The number of rotatable bonds is 8. The van der Waals surface area contributed by atoms with E-state index in [1.54, 1.807) is 6.92 Å². The molecule has 0 spiro atoms. The van der Waals surface area contributed by atoms with Crippen molar-refractivity contribution in [3.63, 3.8) is 0 Å². The molecule has 4 aromatic rings. The fourth-order valence-electron chi connectivity index (χ4n) is 3.58. The molecule has 1 aliphatic carbocycles. The molecule has 0 saturated heterocycles. The molecule has 1 aromatic carbocycles. The topological polar surface area (TPSA) is 81.0 Å². The Morgan fingerprint density at radius 1 is 1.16 bits per heavy atom. The van der Waals surface area contributed by atoms with Gasteiger partial charge in [0, 0.05) is 37.3 Å². The number of aromatic nitrogens is 2. The van der Waals surface area contributed by atoms with Crippen molar-refractivity contribution in [2.24, 2.45) is 0 Å². The van der Waals surface area contributed by atoms with E-state index in [4.69, 9.17) is 0 Å². The zero-order valence-corrected chi connectivity index (χ0v) is 23.3. The highest BCUT2D eigenvalue weighted by Crippen LogP contribution is 2.45. The van der Waals surface area contributed by atoms with Gasteiger partial charge in [-0.3, -0.25) is 20.1 Å². The van der Waals surface area contributed by atoms with Crippen molar-refractivity contribution >= 4 is 39.0 Å². The van der Waals surface area contributed by atoms with Crippen molar-refractivity contribution in [1.29, 1.82) is 0 Å². The summed E-state index contributed by atoms with van der Waals surface area (Å²) in [6, 6.07) is 12.3. The molecule has 9 heteroatoms. The molecule has 0 unspecified atom stereocenters. The zero-order chi connectivity index (χ0) is 26.8. The molecule has 3 heterocycles. The molecule has 0 amide bonds. The van der Waals surface area contributed by atoms with E-state index in [0.29, 0.717) is 5.56 Å². The number of nitrogens with one attached hydrogen (secondary N) is 1. The summed E-state index contributed by atoms with van der Waals surface area (Å²) < 4.78 is 14.0. The average molecular weight is 541 g/mol. The van der Waals surface area contributed by atoms with Crippen LogP contribution in [-0.4, -0.2) is 33.4 Å². The molecule has 3 aromatic heterocycles. The smallest absolute Gasteiger partial charge is 0.272 e. The molecule has 1 saturated carbocycles. The second-order valence-electron chi connectivity index (χ2n) is 8.41. The van der Waals surface area contributed by atoms with Gasteiger partial charge < -0.3 is 5.32 Å². The zero-order valence-electron chi connectivity index (χ0n) is 21.7. The number of hydrogen-bond acceptors (Lipinski definition) is 7. The maximum atomic E-state index is 12.6. The predicted octanol–water partition coefficient (Wildman–Crippen LogP) is 7.76. The van der Waals surface area contributed by atoms with E-state index in [1.165, 1.54) is 45.7 Å². The standard InChI is InChI=1S/C19H21N3S2.C7H6FNO2.C2H6/c1-23-9-8-20-11-13-2-5-16(22-12-13)18-10-17-19(24-18)15(6-7-21-17)14-3-4-14;1-5-2-3-6(9(10)11)4-7(5)8;1-2/h2,5-7,10,12,14,20H,3-4,8-9,11H2,1H3;2-4H,1H3;1-2H3. The summed E-state index contributed by atoms with van der Waals surface area (Å²) in [5, 5.41) is 13.5. The molecule has 0 radical (unpaired) electrons. The Hall–Kier alpha value is -2.88. The lowest BCUT2D eigenvalue weighted by molar-refractivity contribution is -0.385. The summed E-state index contributed by atoms with van der Waals surface area (Å²) in [6.07, 6.45) is 8.71. The van der Waals surface area contributed by atoms with E-state index in [0.717, 1.165) is 42.0 Å². The van der Waals surface area contributed by atoms with Crippen molar-refractivity contribution in [2.75, 3.05) is 18.6 Å². The SMILES string of the molecule is CC.CSCCNCc1ccc(-c2cc3nccc(C4CC4)c3s2)nc1.Cc1ccc([N+](=O)[O-])cc1F. The molecule has 0 atom stereocenters. The number of thiophene rings is 1. The molecule has 0 bridgehead atoms. The first-order valence-corrected chi connectivity index (χ1v) is 14.6. The van der Waals surface area contributed by atoms with E-state index in [9.17, 15) is 14.5 Å². The van der Waals surface area contributed by atoms with Crippen LogP contribution in [0.1, 0.15) is 49.3 Å². The van der Waals surface area contributed by atoms with Gasteiger partial charge in [-0.25, -0.2) is 4.39 Å². The Balaban J connectivity index is 0.000000247. The lowest BCUT2D eigenvalue weighted by Gasteiger charge is -2.04. The van der Waals surface area contributed by atoms with Crippen molar-refractivity contribution in [3.8, 4) is 10.6 Å². The molecule has 37 heavy (non-hydrogen) atoms. The summed E-state index contributed by atoms with van der Waals surface area (Å²) in [6.45, 7) is 7.47. The molecular weight excluding hydrogens is 507 g/mol. The Morgan fingerprint density at radius 2 is 1.95 bits per heavy atom. The van der Waals surface area contributed by atoms with Crippen molar-refractivity contribution in [1.82, 2.24) is 15.3 Å². The highest BCUT2D eigenvalue weighted by Gasteiger charge is 2.26. The van der Waals surface area contributed by atoms with Crippen LogP contribution < -0.4 is 5.32 Å². The van der Waals surface area contributed by atoms with Crippen LogP contribution in [0.4, 0.5) is 10.1 Å². The summed E-state index contributed by atoms with van der Waals surface area (Å²) in [4.78, 5) is 19.9. The Bertz CT molecular complexity index is 1310. The number of nitro groups is 1. The molecular formula is C28H33FN4O2S2. The minimum absolute atomic E-state index is 0.215. The lowest BCUT2D eigenvalue weighted by Crippen LogP contribution is -2.16. The number of thioether (sulfide) groups is 1. The van der Waals surface area contributed by atoms with Gasteiger partial charge in [0.15, 0.2) is 0 Å². The van der Waals surface area contributed by atoms with Crippen LogP contribution in [0.5, 0.6) is 0 Å². The third kappa shape index (κ3) is 8.05. The third-order valence-electron chi connectivity index (χ3n) is 5.72.